The van der Waals surface area contributed by atoms with Crippen molar-refractivity contribution in [3.63, 3.8) is 0 Å². The van der Waals surface area contributed by atoms with Gasteiger partial charge in [0.2, 0.25) is 0 Å². The number of fused-ring (bicyclic) bond motifs is 6. The number of hydrogen-bond donors (Lipinski definition) is 0. The topological polar surface area (TPSA) is 0 Å². The van der Waals surface area contributed by atoms with E-state index in [1.807, 2.05) is 180 Å². The summed E-state index contributed by atoms with van der Waals surface area (Å²) in [5, 5.41) is 5.46. The molecule has 0 aromatic heterocycles. The van der Waals surface area contributed by atoms with Crippen molar-refractivity contribution in [1.29, 1.82) is 0 Å². The molecule has 0 heterocycles. The van der Waals surface area contributed by atoms with Crippen LogP contribution in [0.5, 0.6) is 0 Å². The molecule has 0 nitrogen and oxygen atoms in total. The van der Waals surface area contributed by atoms with Crippen LogP contribution < -0.4 is 0 Å². The quantitative estimate of drug-likeness (QED) is 0.0450. The second kappa shape index (κ2) is 91.6. The third-order valence-electron chi connectivity index (χ3n) is 26.2. The summed E-state index contributed by atoms with van der Waals surface area (Å²) >= 11 is 0. The summed E-state index contributed by atoms with van der Waals surface area (Å²) in [7, 11) is 0. The van der Waals surface area contributed by atoms with E-state index in [-0.39, 0.29) is 0 Å². The highest BCUT2D eigenvalue weighted by atomic mass is 14.2. The van der Waals surface area contributed by atoms with Gasteiger partial charge in [0.1, 0.15) is 0 Å². The van der Waals surface area contributed by atoms with E-state index < -0.39 is 0 Å². The van der Waals surface area contributed by atoms with Gasteiger partial charge in [-0.05, 0) is 274 Å². The Hall–Kier alpha value is -10.4. The zero-order valence-electron chi connectivity index (χ0n) is 104. The fourth-order valence-corrected chi connectivity index (χ4v) is 17.2. The van der Waals surface area contributed by atoms with Crippen LogP contribution in [-0.4, -0.2) is 0 Å². The first-order valence-corrected chi connectivity index (χ1v) is 60.1. The monoisotopic (exact) mass is 2000 g/mol. The van der Waals surface area contributed by atoms with Crippen LogP contribution in [0, 0.1) is 71.1 Å². The third kappa shape index (κ3) is 53.3. The van der Waals surface area contributed by atoms with Gasteiger partial charge in [-0.2, -0.15) is 0 Å². The molecule has 0 spiro atoms. The Kier molecular flexibility index (Phi) is 89.0. The molecule has 1 aliphatic carbocycles. The molecule has 0 radical (unpaired) electrons. The van der Waals surface area contributed by atoms with Gasteiger partial charge in [0.05, 0.1) is 0 Å². The third-order valence-corrected chi connectivity index (χ3v) is 26.2. The van der Waals surface area contributed by atoms with Crippen molar-refractivity contribution in [1.82, 2.24) is 0 Å². The second-order valence-electron chi connectivity index (χ2n) is 35.7. The maximum Gasteiger partial charge on any atom is -0.0105 e. The van der Waals surface area contributed by atoms with Crippen LogP contribution in [0.25, 0.3) is 88.3 Å². The van der Waals surface area contributed by atoms with Crippen LogP contribution in [0.1, 0.15) is 418 Å². The molecule has 148 heavy (non-hydrogen) atoms. The van der Waals surface area contributed by atoms with Gasteiger partial charge >= 0.3 is 0 Å². The number of benzene rings is 14. The van der Waals surface area contributed by atoms with Gasteiger partial charge in [0, 0.05) is 0 Å². The Balaban J connectivity index is -0.000000805. The lowest BCUT2D eigenvalue weighted by molar-refractivity contribution is 0.490. The van der Waals surface area contributed by atoms with E-state index in [1.54, 1.807) is 5.56 Å². The van der Waals surface area contributed by atoms with E-state index in [1.165, 1.54) is 276 Å². The molecule has 0 saturated carbocycles. The van der Waals surface area contributed by atoms with E-state index in [4.69, 9.17) is 0 Å². The molecule has 0 N–H and O–H groups in total. The van der Waals surface area contributed by atoms with Crippen molar-refractivity contribution in [2.45, 2.75) is 426 Å². The zero-order chi connectivity index (χ0) is 113. The van der Waals surface area contributed by atoms with Gasteiger partial charge in [-0.1, -0.05) is 651 Å². The first-order chi connectivity index (χ1) is 72.2. The van der Waals surface area contributed by atoms with E-state index in [0.717, 1.165) is 29.6 Å². The normalized spacial score (nSPS) is 9.96. The number of aryl methyl sites for hydroxylation is 9. The smallest absolute Gasteiger partial charge is 0.0105 e. The van der Waals surface area contributed by atoms with E-state index in [0.29, 0.717) is 5.92 Å². The average molecular weight is 2000 g/mol. The molecule has 0 fully saturated rings. The Morgan fingerprint density at radius 2 is 0.399 bits per heavy atom. The maximum absolute atomic E-state index is 2.47. The van der Waals surface area contributed by atoms with Gasteiger partial charge in [0.25, 0.3) is 0 Å². The lowest BCUT2D eigenvalue weighted by Gasteiger charge is -2.22. The van der Waals surface area contributed by atoms with Crippen molar-refractivity contribution in [2.75, 3.05) is 0 Å². The SMILES string of the molecule is CC.CC.CC.CC.CC.CC.CC.CC.CC.CC.CC.CC.CC.CCC(CC)Cc1ccc(-c2ccc(-c3ccc(C)cc3)cc2)cc1.CCC(CC)Cc1ccc(-c2ccc(C)cc2)cc1.CCC(CC)Cc1ccc2c(c1)CCc1cc(C)ccc1-2.CCC(CC)Cc1ccc2c(ccc3cc(C)ccc32)c1.CCC(CC)c1ccc(-c2ccc(C)cc2)cc1.Cc1ccc(-c2ccc(CCC(C)C)cc2)cc1. The molecule has 0 amide bonds. The fraction of sp³-hybridized carbons (Fsp3) is 0.459. The fourth-order valence-electron chi connectivity index (χ4n) is 17.2. The van der Waals surface area contributed by atoms with E-state index >= 15 is 0 Å². The summed E-state index contributed by atoms with van der Waals surface area (Å²) in [6.45, 7) is 92.3. The van der Waals surface area contributed by atoms with Crippen LogP contribution in [0.3, 0.4) is 0 Å². The summed E-state index contributed by atoms with van der Waals surface area (Å²) in [5.74, 6) is 4.76. The van der Waals surface area contributed by atoms with Crippen molar-refractivity contribution in [2.24, 2.45) is 29.6 Å². The zero-order valence-corrected chi connectivity index (χ0v) is 104. The number of hydrogen-bond acceptors (Lipinski definition) is 0. The van der Waals surface area contributed by atoms with Crippen LogP contribution in [0.4, 0.5) is 0 Å². The minimum atomic E-state index is 0.706. The summed E-state index contributed by atoms with van der Waals surface area (Å²) in [4.78, 5) is 0. The summed E-state index contributed by atoms with van der Waals surface area (Å²) < 4.78 is 0. The van der Waals surface area contributed by atoms with Crippen LogP contribution in [0.15, 0.2) is 303 Å². The van der Waals surface area contributed by atoms with Crippen molar-refractivity contribution < 1.29 is 0 Å². The largest absolute Gasteiger partial charge is 0.0683 e. The number of rotatable bonds is 27. The molecule has 14 aromatic rings. The highest BCUT2D eigenvalue weighted by molar-refractivity contribution is 6.07. The Morgan fingerprint density at radius 3 is 0.689 bits per heavy atom. The minimum Gasteiger partial charge on any atom is -0.0683 e. The molecule has 0 saturated heterocycles. The van der Waals surface area contributed by atoms with Gasteiger partial charge in [-0.15, -0.1) is 0 Å². The van der Waals surface area contributed by atoms with Gasteiger partial charge < -0.3 is 0 Å². The molecule has 0 unspecified atom stereocenters. The van der Waals surface area contributed by atoms with Crippen molar-refractivity contribution in [3.05, 3.63) is 381 Å². The molecule has 1 aliphatic rings. The molecule has 14 aromatic carbocycles. The predicted molar refractivity (Wildman–Crippen MR) is 687 cm³/mol. The van der Waals surface area contributed by atoms with Gasteiger partial charge in [-0.25, -0.2) is 0 Å². The van der Waals surface area contributed by atoms with Crippen LogP contribution >= 0.6 is 0 Å². The molecular weight excluding hydrogens is 1780 g/mol. The molecule has 0 bridgehead atoms. The van der Waals surface area contributed by atoms with Crippen molar-refractivity contribution in [3.8, 4) is 66.8 Å². The average Bonchev–Trinajstić information content (AvgIpc) is 0.784. The maximum atomic E-state index is 2.47. The second-order valence-corrected chi connectivity index (χ2v) is 35.7. The predicted octanol–water partition coefficient (Wildman–Crippen LogP) is 49.1. The van der Waals surface area contributed by atoms with Crippen LogP contribution in [0.2, 0.25) is 0 Å². The standard InChI is InChI=1S/C25H28.C21H26.C21H24.C19H24.2C18H22.13C2H6/c1-4-20(5-2)18-21-8-12-23(13-9-21)25-16-14-24(15-17-25)22-10-6-19(3)7-11-22;2*1-4-16(5-2)13-17-7-11-21-19(14-17)9-8-18-12-15(3)6-10-20(18)21;1-4-16(5-2)14-17-8-12-19(13-9-17)18-10-6-15(3)7-11-18;1-14(2)4-7-16-8-12-18(13-9-16)17-10-5-15(3)6-11-17;1-4-15(5-2)16-10-12-18(13-11-16)17-8-6-14(3)7-9-17;13*1-2/h6-17,20H,4-5,18H2,1-3H3;6-7,10-12,14,16H,4-5,8-9,13H2,1-3H3;6-12,14,16H,4-5,13H2,1-3H3;6-13,16H,4-5,14H2,1-3H3;5-6,8-14H,4,7H2,1-3H3;6-13,15H,4-5H2,1-3H3;13*1-2H3. The molecule has 15 rings (SSSR count). The molecule has 0 aliphatic heterocycles. The first-order valence-electron chi connectivity index (χ1n) is 60.1. The lowest BCUT2D eigenvalue weighted by atomic mass is 9.83. The molecule has 0 heteroatoms. The summed E-state index contributed by atoms with van der Waals surface area (Å²) in [6, 6.07) is 112. The van der Waals surface area contributed by atoms with Gasteiger partial charge in [-0.3, -0.25) is 0 Å². The Morgan fingerprint density at radius 1 is 0.189 bits per heavy atom. The molecule has 816 valence electrons. The van der Waals surface area contributed by atoms with Gasteiger partial charge in [0.15, 0.2) is 0 Å². The van der Waals surface area contributed by atoms with E-state index in [2.05, 4.69) is 428 Å². The highest BCUT2D eigenvalue weighted by Crippen LogP contribution is 2.37. The van der Waals surface area contributed by atoms with Crippen LogP contribution in [-0.2, 0) is 44.9 Å². The Bertz CT molecular complexity index is 5360. The molecule has 0 atom stereocenters. The lowest BCUT2D eigenvalue weighted by Crippen LogP contribution is -2.07. The summed E-state index contributed by atoms with van der Waals surface area (Å²) in [6.07, 6.45) is 22.3. The highest BCUT2D eigenvalue weighted by Gasteiger charge is 2.19. The van der Waals surface area contributed by atoms with Crippen molar-refractivity contribution >= 4 is 21.5 Å². The Labute approximate surface area is 918 Å². The minimum absolute atomic E-state index is 0.706. The first kappa shape index (κ1) is 144. The van der Waals surface area contributed by atoms with E-state index in [9.17, 15) is 0 Å². The summed E-state index contributed by atoms with van der Waals surface area (Å²) in [5.41, 5.74) is 35.7. The molecular formula is C148H224.